The van der Waals surface area contributed by atoms with Crippen LogP contribution in [0.25, 0.3) is 0 Å². The number of amidine groups is 1. The Morgan fingerprint density at radius 1 is 1.08 bits per heavy atom. The van der Waals surface area contributed by atoms with Gasteiger partial charge in [0.05, 0.1) is 16.2 Å². The highest BCUT2D eigenvalue weighted by Gasteiger charge is 2.41. The van der Waals surface area contributed by atoms with E-state index >= 15 is 0 Å². The molecule has 2 unspecified atom stereocenters. The van der Waals surface area contributed by atoms with Crippen molar-refractivity contribution >= 4 is 17.4 Å². The van der Waals surface area contributed by atoms with E-state index in [1.807, 2.05) is 0 Å². The fraction of sp³-hybridized carbons (Fsp3) is 0.267. The summed E-state index contributed by atoms with van der Waals surface area (Å²) in [5, 5.41) is 13.9. The van der Waals surface area contributed by atoms with Crippen LogP contribution in [0.2, 0.25) is 0 Å². The van der Waals surface area contributed by atoms with Crippen molar-refractivity contribution in [2.45, 2.75) is 24.6 Å². The average Bonchev–Trinajstić information content (AvgIpc) is 2.97. The molecule has 2 aliphatic heterocycles. The smallest absolute Gasteiger partial charge is 0.380 e. The molecule has 2 atom stereocenters. The molecule has 0 fully saturated rings. The third kappa shape index (κ3) is 3.38. The Morgan fingerprint density at radius 2 is 1.69 bits per heavy atom. The van der Waals surface area contributed by atoms with Crippen LogP contribution in [0.4, 0.5) is 26.3 Å². The van der Waals surface area contributed by atoms with Crippen LogP contribution in [-0.4, -0.2) is 28.2 Å². The molecule has 2 aliphatic rings. The van der Waals surface area contributed by atoms with Gasteiger partial charge in [-0.05, 0) is 23.8 Å². The van der Waals surface area contributed by atoms with Crippen LogP contribution in [-0.2, 0) is 6.18 Å². The van der Waals surface area contributed by atoms with Gasteiger partial charge >= 0.3 is 12.4 Å². The lowest BCUT2D eigenvalue weighted by Gasteiger charge is -2.29. The first-order valence-corrected chi connectivity index (χ1v) is 7.49. The molecule has 1 aromatic rings. The minimum Gasteiger partial charge on any atom is -0.380 e. The highest BCUT2D eigenvalue weighted by Crippen LogP contribution is 2.36. The van der Waals surface area contributed by atoms with Crippen molar-refractivity contribution in [1.29, 1.82) is 0 Å². The average molecular weight is 398 g/mol. The molecular weight excluding hydrogens is 388 g/mol. The van der Waals surface area contributed by atoms with Gasteiger partial charge < -0.3 is 10.0 Å². The van der Waals surface area contributed by atoms with E-state index in [0.717, 1.165) is 41.4 Å². The molecule has 140 valence electrons. The van der Waals surface area contributed by atoms with Gasteiger partial charge in [0.25, 0.3) is 0 Å². The molecule has 3 rings (SSSR count). The predicted octanol–water partition coefficient (Wildman–Crippen LogP) is 3.87. The molecular formula is C15H10ClF6N3O. The van der Waals surface area contributed by atoms with Gasteiger partial charge in [-0.3, -0.25) is 5.43 Å². The lowest BCUT2D eigenvalue weighted by Crippen LogP contribution is -2.41. The molecule has 26 heavy (non-hydrogen) atoms. The number of allylic oxidation sites excluding steroid dienone is 2. The molecule has 0 bridgehead atoms. The van der Waals surface area contributed by atoms with Crippen molar-refractivity contribution in [3.8, 4) is 0 Å². The van der Waals surface area contributed by atoms with Crippen molar-refractivity contribution in [2.24, 2.45) is 5.10 Å². The zero-order chi connectivity index (χ0) is 19.3. The van der Waals surface area contributed by atoms with E-state index in [-0.39, 0.29) is 16.4 Å². The van der Waals surface area contributed by atoms with E-state index in [0.29, 0.717) is 0 Å². The summed E-state index contributed by atoms with van der Waals surface area (Å²) in [4.78, 5) is 0.994. The van der Waals surface area contributed by atoms with Crippen LogP contribution in [0.1, 0.15) is 17.2 Å². The Kier molecular flexibility index (Phi) is 4.43. The minimum atomic E-state index is -4.67. The summed E-state index contributed by atoms with van der Waals surface area (Å²) in [5.41, 5.74) is 0.550. The fourth-order valence-corrected chi connectivity index (χ4v) is 2.76. The summed E-state index contributed by atoms with van der Waals surface area (Å²) < 4.78 is 76.7. The molecule has 1 aromatic carbocycles. The second-order valence-corrected chi connectivity index (χ2v) is 5.98. The van der Waals surface area contributed by atoms with Crippen molar-refractivity contribution < 1.29 is 31.4 Å². The van der Waals surface area contributed by atoms with E-state index < -0.39 is 35.8 Å². The maximum absolute atomic E-state index is 13.0. The normalized spacial score (nSPS) is 21.5. The minimum absolute atomic E-state index is 0.0341. The summed E-state index contributed by atoms with van der Waals surface area (Å²) >= 11 is 5.84. The molecule has 0 aliphatic carbocycles. The molecule has 0 saturated heterocycles. The number of hydrogen-bond donors (Lipinski definition) is 2. The Balaban J connectivity index is 1.88. The van der Waals surface area contributed by atoms with Crippen molar-refractivity contribution in [3.63, 3.8) is 0 Å². The molecule has 4 nitrogen and oxygen atoms in total. The van der Waals surface area contributed by atoms with Gasteiger partial charge in [-0.2, -0.15) is 31.4 Å². The van der Waals surface area contributed by atoms with Crippen LogP contribution in [0, 0.1) is 0 Å². The van der Waals surface area contributed by atoms with Crippen molar-refractivity contribution in [1.82, 2.24) is 10.3 Å². The van der Waals surface area contributed by atoms with Gasteiger partial charge in [0, 0.05) is 6.20 Å². The van der Waals surface area contributed by atoms with Crippen LogP contribution < -0.4 is 5.43 Å². The molecule has 2 heterocycles. The van der Waals surface area contributed by atoms with E-state index in [1.54, 1.807) is 0 Å². The Labute approximate surface area is 148 Å². The van der Waals surface area contributed by atoms with Gasteiger partial charge in [-0.1, -0.05) is 23.7 Å². The molecule has 11 heteroatoms. The summed E-state index contributed by atoms with van der Waals surface area (Å²) in [6.45, 7) is 0. The first-order chi connectivity index (χ1) is 12.0. The number of aliphatic hydroxyl groups is 1. The quantitative estimate of drug-likeness (QED) is 0.745. The van der Waals surface area contributed by atoms with Gasteiger partial charge in [0.15, 0.2) is 12.0 Å². The summed E-state index contributed by atoms with van der Waals surface area (Å²) in [6.07, 6.45) is -10.2. The SMILES string of the molecule is OC(C1=NNC2C(Cl)=CC(C(F)(F)F)=CN12)c1ccc(C(F)(F)F)cc1. The second-order valence-electron chi connectivity index (χ2n) is 5.54. The summed E-state index contributed by atoms with van der Waals surface area (Å²) in [6, 6.07) is 3.58. The topological polar surface area (TPSA) is 47.9 Å². The van der Waals surface area contributed by atoms with Crippen molar-refractivity contribution in [3.05, 3.63) is 58.3 Å². The van der Waals surface area contributed by atoms with Gasteiger partial charge in [-0.25, -0.2) is 0 Å². The van der Waals surface area contributed by atoms with Gasteiger partial charge in [-0.15, -0.1) is 0 Å². The number of hydrazone groups is 1. The molecule has 0 radical (unpaired) electrons. The number of hydrogen-bond acceptors (Lipinski definition) is 4. The second kappa shape index (κ2) is 6.20. The molecule has 0 spiro atoms. The Hall–Kier alpha value is -2.20. The largest absolute Gasteiger partial charge is 0.417 e. The number of nitrogens with one attached hydrogen (secondary N) is 1. The first-order valence-electron chi connectivity index (χ1n) is 7.11. The fourth-order valence-electron chi connectivity index (χ4n) is 2.49. The highest BCUT2D eigenvalue weighted by atomic mass is 35.5. The standard InChI is InChI=1S/C15H10ClF6N3O/c16-10-5-9(15(20,21)22)6-25-12(10)23-24-13(25)11(26)7-1-3-8(4-2-7)14(17,18)19/h1-6,11-12,23,26H. The van der Waals surface area contributed by atoms with E-state index in [9.17, 15) is 31.4 Å². The van der Waals surface area contributed by atoms with Crippen LogP contribution in [0.15, 0.2) is 52.2 Å². The van der Waals surface area contributed by atoms with Crippen LogP contribution in [0.5, 0.6) is 0 Å². The number of fused-ring (bicyclic) bond motifs is 1. The van der Waals surface area contributed by atoms with E-state index in [4.69, 9.17) is 11.6 Å². The molecule has 0 saturated carbocycles. The predicted molar refractivity (Wildman–Crippen MR) is 80.7 cm³/mol. The number of benzene rings is 1. The Bertz CT molecular complexity index is 797. The monoisotopic (exact) mass is 397 g/mol. The van der Waals surface area contributed by atoms with Crippen molar-refractivity contribution in [2.75, 3.05) is 0 Å². The maximum Gasteiger partial charge on any atom is 0.417 e. The third-order valence-corrected chi connectivity index (χ3v) is 4.12. The lowest BCUT2D eigenvalue weighted by atomic mass is 10.0. The van der Waals surface area contributed by atoms with Crippen LogP contribution >= 0.6 is 11.6 Å². The Morgan fingerprint density at radius 3 is 2.23 bits per heavy atom. The highest BCUT2D eigenvalue weighted by molar-refractivity contribution is 6.30. The molecule has 0 aromatic heterocycles. The molecule has 2 N–H and O–H groups in total. The first kappa shape index (κ1) is 18.6. The van der Waals surface area contributed by atoms with Crippen LogP contribution in [0.3, 0.4) is 0 Å². The van der Waals surface area contributed by atoms with E-state index in [1.165, 1.54) is 0 Å². The summed E-state index contributed by atoms with van der Waals surface area (Å²) in [5.74, 6) is -0.220. The van der Waals surface area contributed by atoms with Gasteiger partial charge in [0.2, 0.25) is 0 Å². The number of aliphatic hydroxyl groups excluding tert-OH is 1. The number of nitrogens with zero attached hydrogens (tertiary/aromatic N) is 2. The third-order valence-electron chi connectivity index (χ3n) is 3.80. The molecule has 0 amide bonds. The summed E-state index contributed by atoms with van der Waals surface area (Å²) in [7, 11) is 0. The zero-order valence-electron chi connectivity index (χ0n) is 12.6. The van der Waals surface area contributed by atoms with Gasteiger partial charge in [0.1, 0.15) is 6.10 Å². The zero-order valence-corrected chi connectivity index (χ0v) is 13.4. The number of alkyl halides is 6. The number of halogens is 7. The lowest BCUT2D eigenvalue weighted by molar-refractivity contribution is -0.137. The van der Waals surface area contributed by atoms with E-state index in [2.05, 4.69) is 10.5 Å². The maximum atomic E-state index is 13.0. The number of rotatable bonds is 2.